The van der Waals surface area contributed by atoms with Crippen LogP contribution in [0.15, 0.2) is 67.9 Å². The van der Waals surface area contributed by atoms with Gasteiger partial charge in [-0.1, -0.05) is 6.08 Å². The SMILES string of the molecule is CCOC(=O)c1[nH]cc2c1NC1=C(C(=O)CCC1)C2c1ccc(SC2=NC3C=CC(F)=C(F)C3N2)o1. The van der Waals surface area contributed by atoms with Gasteiger partial charge in [0, 0.05) is 29.5 Å². The molecule has 2 aliphatic carbocycles. The molecule has 0 amide bonds. The van der Waals surface area contributed by atoms with Crippen LogP contribution in [-0.2, 0) is 9.53 Å². The van der Waals surface area contributed by atoms with Crippen molar-refractivity contribution in [2.45, 2.75) is 49.3 Å². The van der Waals surface area contributed by atoms with E-state index in [1.165, 1.54) is 6.08 Å². The van der Waals surface area contributed by atoms with Crippen molar-refractivity contribution in [1.29, 1.82) is 0 Å². The lowest BCUT2D eigenvalue weighted by molar-refractivity contribution is -0.116. The second-order valence-electron chi connectivity index (χ2n) is 8.80. The molecule has 0 radical (unpaired) electrons. The topological polar surface area (TPSA) is 109 Å². The highest BCUT2D eigenvalue weighted by molar-refractivity contribution is 8.13. The molecule has 186 valence electrons. The molecule has 2 aromatic rings. The average molecular weight is 513 g/mol. The number of esters is 1. The Labute approximate surface area is 208 Å². The number of amidine groups is 1. The standard InChI is InChI=1S/C25H22F2N4O4S/c1-2-34-24(33)23-21-11(10-28-23)18(19-13(29-21)4-3-5-15(19)32)16-8-9-17(35-16)36-25-30-14-7-6-12(26)20(27)22(14)31-25/h6-10,14,18,22,28-29H,2-5H2,1H3,(H,30,31). The number of ketones is 1. The summed E-state index contributed by atoms with van der Waals surface area (Å²) in [5.74, 6) is -2.19. The number of furan rings is 1. The Morgan fingerprint density at radius 3 is 3.00 bits per heavy atom. The molecule has 0 saturated heterocycles. The van der Waals surface area contributed by atoms with Crippen molar-refractivity contribution in [2.24, 2.45) is 4.99 Å². The van der Waals surface area contributed by atoms with Crippen molar-refractivity contribution >= 4 is 34.4 Å². The highest BCUT2D eigenvalue weighted by atomic mass is 32.2. The summed E-state index contributed by atoms with van der Waals surface area (Å²) >= 11 is 1.16. The number of aromatic nitrogens is 1. The number of carbonyl (C=O) groups excluding carboxylic acids is 2. The van der Waals surface area contributed by atoms with Gasteiger partial charge in [0.05, 0.1) is 24.3 Å². The lowest BCUT2D eigenvalue weighted by Gasteiger charge is -2.31. The van der Waals surface area contributed by atoms with Gasteiger partial charge in [0.15, 0.2) is 27.7 Å². The van der Waals surface area contributed by atoms with Crippen LogP contribution in [-0.4, -0.2) is 40.6 Å². The van der Waals surface area contributed by atoms with Gasteiger partial charge in [-0.05, 0) is 49.7 Å². The van der Waals surface area contributed by atoms with Crippen molar-refractivity contribution in [2.75, 3.05) is 11.9 Å². The predicted octanol–water partition coefficient (Wildman–Crippen LogP) is 4.86. The van der Waals surface area contributed by atoms with Crippen LogP contribution in [0.4, 0.5) is 14.5 Å². The molecule has 11 heteroatoms. The molecule has 8 nitrogen and oxygen atoms in total. The third-order valence-corrected chi connectivity index (χ3v) is 7.47. The maximum absolute atomic E-state index is 14.1. The van der Waals surface area contributed by atoms with Crippen LogP contribution in [0.3, 0.4) is 0 Å². The van der Waals surface area contributed by atoms with E-state index in [9.17, 15) is 18.4 Å². The Kier molecular flexibility index (Phi) is 5.59. The van der Waals surface area contributed by atoms with Crippen molar-refractivity contribution in [3.63, 3.8) is 0 Å². The minimum absolute atomic E-state index is 0.0332. The summed E-state index contributed by atoms with van der Waals surface area (Å²) in [7, 11) is 0. The summed E-state index contributed by atoms with van der Waals surface area (Å²) in [6.45, 7) is 1.98. The Balaban J connectivity index is 1.32. The lowest BCUT2D eigenvalue weighted by Crippen LogP contribution is -2.35. The van der Waals surface area contributed by atoms with E-state index in [1.807, 2.05) is 0 Å². The smallest absolute Gasteiger partial charge is 0.356 e. The second kappa shape index (κ2) is 8.81. The van der Waals surface area contributed by atoms with E-state index in [2.05, 4.69) is 20.6 Å². The number of hydrogen-bond acceptors (Lipinski definition) is 8. The monoisotopic (exact) mass is 512 g/mol. The fourth-order valence-electron chi connectivity index (χ4n) is 5.04. The first-order chi connectivity index (χ1) is 17.4. The maximum Gasteiger partial charge on any atom is 0.356 e. The highest BCUT2D eigenvalue weighted by Gasteiger charge is 2.40. The number of H-pyrrole nitrogens is 1. The summed E-state index contributed by atoms with van der Waals surface area (Å²) in [6.07, 6.45) is 6.14. The van der Waals surface area contributed by atoms with Gasteiger partial charge in [-0.15, -0.1) is 0 Å². The number of carbonyl (C=O) groups is 2. The molecule has 2 aliphatic heterocycles. The molecule has 3 N–H and O–H groups in total. The number of anilines is 1. The number of halogens is 2. The van der Waals surface area contributed by atoms with E-state index < -0.39 is 35.6 Å². The molecular weight excluding hydrogens is 490 g/mol. The fraction of sp³-hybridized carbons (Fsp3) is 0.320. The van der Waals surface area contributed by atoms with Crippen LogP contribution < -0.4 is 10.6 Å². The third kappa shape index (κ3) is 3.69. The van der Waals surface area contributed by atoms with Crippen molar-refractivity contribution in [1.82, 2.24) is 10.3 Å². The molecule has 3 unspecified atom stereocenters. The van der Waals surface area contributed by atoms with E-state index in [1.54, 1.807) is 25.3 Å². The molecule has 3 atom stereocenters. The van der Waals surface area contributed by atoms with Gasteiger partial charge in [0.25, 0.3) is 0 Å². The number of rotatable bonds is 4. The van der Waals surface area contributed by atoms with Gasteiger partial charge in [-0.2, -0.15) is 0 Å². The molecule has 0 aromatic carbocycles. The van der Waals surface area contributed by atoms with E-state index >= 15 is 0 Å². The normalized spacial score (nSPS) is 24.6. The predicted molar refractivity (Wildman–Crippen MR) is 129 cm³/mol. The number of aromatic amines is 1. The molecular formula is C25H22F2N4O4S. The van der Waals surface area contributed by atoms with Crippen molar-refractivity contribution < 1.29 is 27.5 Å². The summed E-state index contributed by atoms with van der Waals surface area (Å²) in [4.78, 5) is 32.9. The molecule has 6 rings (SSSR count). The second-order valence-corrected chi connectivity index (χ2v) is 9.80. The van der Waals surface area contributed by atoms with Crippen LogP contribution >= 0.6 is 11.8 Å². The number of fused-ring (bicyclic) bond motifs is 2. The van der Waals surface area contributed by atoms with Gasteiger partial charge in [-0.3, -0.25) is 9.79 Å². The summed E-state index contributed by atoms with van der Waals surface area (Å²) in [6, 6.07) is 2.15. The molecule has 0 fully saturated rings. The number of hydrogen-bond donors (Lipinski definition) is 3. The number of aliphatic imine (C=N–C) groups is 1. The lowest BCUT2D eigenvalue weighted by atomic mass is 9.78. The average Bonchev–Trinajstić information content (AvgIpc) is 3.59. The van der Waals surface area contributed by atoms with Crippen LogP contribution in [0.2, 0.25) is 0 Å². The first-order valence-corrected chi connectivity index (χ1v) is 12.5. The molecule has 4 aliphatic rings. The molecule has 4 heterocycles. The Hall–Kier alpha value is -3.60. The van der Waals surface area contributed by atoms with Crippen LogP contribution in [0, 0.1) is 0 Å². The van der Waals surface area contributed by atoms with Crippen LogP contribution in [0.5, 0.6) is 0 Å². The largest absolute Gasteiger partial charge is 0.461 e. The zero-order valence-corrected chi connectivity index (χ0v) is 20.0. The number of thioether (sulfide) groups is 1. The Morgan fingerprint density at radius 2 is 2.17 bits per heavy atom. The van der Waals surface area contributed by atoms with E-state index in [4.69, 9.17) is 9.15 Å². The van der Waals surface area contributed by atoms with Crippen LogP contribution in [0.25, 0.3) is 0 Å². The number of nitrogens with one attached hydrogen (secondary N) is 3. The van der Waals surface area contributed by atoms with Crippen LogP contribution in [0.1, 0.15) is 53.9 Å². The minimum atomic E-state index is -0.901. The van der Waals surface area contributed by atoms with Crippen molar-refractivity contribution in [3.8, 4) is 0 Å². The van der Waals surface area contributed by atoms with Gasteiger partial charge in [0.1, 0.15) is 17.5 Å². The summed E-state index contributed by atoms with van der Waals surface area (Å²) in [5.41, 5.74) is 3.00. The molecule has 0 spiro atoms. The first kappa shape index (κ1) is 22.8. The quantitative estimate of drug-likeness (QED) is 0.502. The van der Waals surface area contributed by atoms with Gasteiger partial charge in [0.2, 0.25) is 0 Å². The number of ether oxygens (including phenoxy) is 1. The molecule has 36 heavy (non-hydrogen) atoms. The minimum Gasteiger partial charge on any atom is -0.461 e. The Bertz CT molecular complexity index is 1400. The fourth-order valence-corrected chi connectivity index (χ4v) is 5.86. The van der Waals surface area contributed by atoms with Gasteiger partial charge in [-0.25, -0.2) is 13.6 Å². The van der Waals surface area contributed by atoms with Crippen molar-refractivity contribution in [3.05, 3.63) is 70.4 Å². The maximum atomic E-state index is 14.1. The molecule has 2 aromatic heterocycles. The van der Waals surface area contributed by atoms with E-state index in [-0.39, 0.29) is 12.4 Å². The number of Topliss-reactive ketones (excluding diaryl/α,β-unsaturated/α-hetero) is 1. The van der Waals surface area contributed by atoms with Gasteiger partial charge >= 0.3 is 5.97 Å². The zero-order valence-electron chi connectivity index (χ0n) is 19.2. The summed E-state index contributed by atoms with van der Waals surface area (Å²) < 4.78 is 39.1. The Morgan fingerprint density at radius 1 is 1.31 bits per heavy atom. The third-order valence-electron chi connectivity index (χ3n) is 6.63. The molecule has 0 saturated carbocycles. The highest BCUT2D eigenvalue weighted by Crippen LogP contribution is 2.47. The van der Waals surface area contributed by atoms with Gasteiger partial charge < -0.3 is 24.8 Å². The van der Waals surface area contributed by atoms with E-state index in [0.29, 0.717) is 51.4 Å². The number of nitrogens with zero attached hydrogens (tertiary/aromatic N) is 1. The zero-order chi connectivity index (χ0) is 25.0. The summed E-state index contributed by atoms with van der Waals surface area (Å²) in [5, 5.41) is 7.09. The first-order valence-electron chi connectivity index (χ1n) is 11.7. The van der Waals surface area contributed by atoms with E-state index in [0.717, 1.165) is 30.0 Å². The number of allylic oxidation sites excluding steroid dienone is 4. The molecule has 0 bridgehead atoms.